The summed E-state index contributed by atoms with van der Waals surface area (Å²) in [5.74, 6) is -0.915. The number of aromatic nitrogens is 3. The zero-order valence-electron chi connectivity index (χ0n) is 24.9. The Kier molecular flexibility index (Phi) is 9.57. The third-order valence-corrected chi connectivity index (χ3v) is 7.90. The van der Waals surface area contributed by atoms with Gasteiger partial charge in [0.25, 0.3) is 5.56 Å². The minimum absolute atomic E-state index is 0.194. The van der Waals surface area contributed by atoms with Gasteiger partial charge >= 0.3 is 6.36 Å². The van der Waals surface area contributed by atoms with E-state index in [-0.39, 0.29) is 28.8 Å². The molecule has 1 amide bonds. The molecule has 0 fully saturated rings. The zero-order chi connectivity index (χ0) is 33.0. The summed E-state index contributed by atoms with van der Waals surface area (Å²) in [6, 6.07) is 14.7. The molecule has 0 radical (unpaired) electrons. The number of aliphatic imine (C=N–C) groups is 1. The Balaban J connectivity index is 1.57. The van der Waals surface area contributed by atoms with Crippen LogP contribution < -0.4 is 21.3 Å². The van der Waals surface area contributed by atoms with Crippen molar-refractivity contribution in [2.75, 3.05) is 7.05 Å². The molecule has 2 bridgehead atoms. The van der Waals surface area contributed by atoms with E-state index in [9.17, 15) is 22.8 Å². The van der Waals surface area contributed by atoms with Crippen LogP contribution in [0.15, 0.2) is 94.9 Å². The molecular weight excluding hydrogens is 621 g/mol. The second-order valence-corrected chi connectivity index (χ2v) is 11.2. The lowest BCUT2D eigenvalue weighted by Crippen LogP contribution is -2.33. The number of allylic oxidation sites excluding steroid dienone is 1. The highest BCUT2D eigenvalue weighted by molar-refractivity contribution is 6.31. The number of rotatable bonds is 4. The molecule has 0 saturated heterocycles. The van der Waals surface area contributed by atoms with E-state index in [1.165, 1.54) is 41.4 Å². The Hall–Kier alpha value is -4.97. The largest absolute Gasteiger partial charge is 0.573 e. The topological polar surface area (TPSA) is 124 Å². The molecule has 9 nitrogen and oxygen atoms in total. The van der Waals surface area contributed by atoms with Crippen LogP contribution in [0.5, 0.6) is 5.75 Å². The molecule has 2 atom stereocenters. The van der Waals surface area contributed by atoms with Crippen molar-refractivity contribution in [1.29, 1.82) is 0 Å². The third-order valence-electron chi connectivity index (χ3n) is 7.67. The van der Waals surface area contributed by atoms with Gasteiger partial charge in [-0.25, -0.2) is 4.98 Å². The minimum atomic E-state index is -4.85. The number of carbonyl (C=O) groups excluding carboxylic acids is 1. The lowest BCUT2D eigenvalue weighted by Gasteiger charge is -2.23. The van der Waals surface area contributed by atoms with E-state index in [0.717, 1.165) is 0 Å². The fourth-order valence-electron chi connectivity index (χ4n) is 5.43. The fourth-order valence-corrected chi connectivity index (χ4v) is 5.60. The Bertz CT molecular complexity index is 1890. The summed E-state index contributed by atoms with van der Waals surface area (Å²) in [6.07, 6.45) is 1.11. The highest BCUT2D eigenvalue weighted by Gasteiger charge is 2.31. The Labute approximate surface area is 267 Å². The van der Waals surface area contributed by atoms with Crippen LogP contribution in [0, 0.1) is 5.92 Å². The van der Waals surface area contributed by atoms with Gasteiger partial charge in [0, 0.05) is 47.6 Å². The molecule has 238 valence electrons. The normalized spacial score (nSPS) is 19.3. The van der Waals surface area contributed by atoms with E-state index in [1.807, 2.05) is 6.92 Å². The highest BCUT2D eigenvalue weighted by atomic mass is 35.5. The number of fused-ring (bicyclic) bond motifs is 2. The van der Waals surface area contributed by atoms with Crippen LogP contribution in [0.4, 0.5) is 13.2 Å². The second kappa shape index (κ2) is 13.6. The zero-order valence-corrected chi connectivity index (χ0v) is 25.6. The fraction of sp³-hybridized carbons (Fsp3) is 0.242. The van der Waals surface area contributed by atoms with Gasteiger partial charge in [0.15, 0.2) is 0 Å². The van der Waals surface area contributed by atoms with Crippen LogP contribution in [-0.4, -0.2) is 39.6 Å². The van der Waals surface area contributed by atoms with Crippen LogP contribution in [0.3, 0.4) is 0 Å². The summed E-state index contributed by atoms with van der Waals surface area (Å²) in [7, 11) is 1.59. The SMILES string of the molecule is CN=C1C(=CN)NC(=O)C(C)CCCC(n2cnc(-c3cc(Cl)ccc3-c3cccc(OC(F)(F)F)c3)cc2=O)c2cc1ccn2. The third kappa shape index (κ3) is 7.28. The van der Waals surface area contributed by atoms with Gasteiger partial charge < -0.3 is 15.8 Å². The number of nitrogens with zero attached hydrogens (tertiary/aromatic N) is 4. The van der Waals surface area contributed by atoms with Crippen LogP contribution in [0.2, 0.25) is 5.02 Å². The van der Waals surface area contributed by atoms with E-state index in [4.69, 9.17) is 17.3 Å². The van der Waals surface area contributed by atoms with Gasteiger partial charge in [0.05, 0.1) is 35.2 Å². The summed E-state index contributed by atoms with van der Waals surface area (Å²) in [5.41, 5.74) is 9.20. The summed E-state index contributed by atoms with van der Waals surface area (Å²) in [6.45, 7) is 1.82. The van der Waals surface area contributed by atoms with Crippen molar-refractivity contribution in [3.8, 4) is 28.1 Å². The summed E-state index contributed by atoms with van der Waals surface area (Å²) >= 11 is 6.31. The molecule has 1 aliphatic rings. The first-order valence-electron chi connectivity index (χ1n) is 14.4. The highest BCUT2D eigenvalue weighted by Crippen LogP contribution is 2.36. The molecule has 0 saturated carbocycles. The number of hydrogen-bond acceptors (Lipinski definition) is 7. The molecular formula is C33H30ClF3N6O3. The van der Waals surface area contributed by atoms with E-state index < -0.39 is 12.4 Å². The number of nitrogens with one attached hydrogen (secondary N) is 1. The first-order chi connectivity index (χ1) is 22.0. The van der Waals surface area contributed by atoms with Crippen molar-refractivity contribution in [2.45, 2.75) is 38.6 Å². The number of pyridine rings is 1. The summed E-state index contributed by atoms with van der Waals surface area (Å²) < 4.78 is 44.3. The van der Waals surface area contributed by atoms with E-state index in [0.29, 0.717) is 63.6 Å². The molecule has 2 aromatic carbocycles. The molecule has 13 heteroatoms. The number of ether oxygens (including phenoxy) is 1. The van der Waals surface area contributed by atoms with Crippen LogP contribution in [0.25, 0.3) is 22.4 Å². The predicted octanol–water partition coefficient (Wildman–Crippen LogP) is 6.27. The minimum Gasteiger partial charge on any atom is -0.406 e. The Morgan fingerprint density at radius 3 is 2.57 bits per heavy atom. The van der Waals surface area contributed by atoms with E-state index >= 15 is 0 Å². The first-order valence-corrected chi connectivity index (χ1v) is 14.8. The number of carbonyl (C=O) groups is 1. The standard InChI is InChI=1S/C33H30ClF3N6O3/c1-19-5-3-8-29(27-14-21(11-12-40-27)31(39-2)28(17-38)42-32(19)45)43-18-41-26(16-30(43)44)25-15-22(34)9-10-24(25)20-6-4-7-23(13-20)46-33(35,36)37/h4,6-7,9-19,29H,3,5,8,38H2,1-2H3,(H,42,45). The van der Waals surface area contributed by atoms with Crippen molar-refractivity contribution in [3.05, 3.63) is 112 Å². The lowest BCUT2D eigenvalue weighted by molar-refractivity contribution is -0.274. The van der Waals surface area contributed by atoms with Gasteiger partial charge in [0.1, 0.15) is 5.75 Å². The number of benzene rings is 2. The van der Waals surface area contributed by atoms with Crippen LogP contribution in [-0.2, 0) is 4.79 Å². The predicted molar refractivity (Wildman–Crippen MR) is 169 cm³/mol. The maximum Gasteiger partial charge on any atom is 0.573 e. The van der Waals surface area contributed by atoms with E-state index in [2.05, 4.69) is 25.0 Å². The average Bonchev–Trinajstić information content (AvgIpc) is 3.02. The monoisotopic (exact) mass is 650 g/mol. The van der Waals surface area contributed by atoms with Gasteiger partial charge in [-0.05, 0) is 60.4 Å². The van der Waals surface area contributed by atoms with Gasteiger partial charge in [0.2, 0.25) is 5.91 Å². The quantitative estimate of drug-likeness (QED) is 0.268. The lowest BCUT2D eigenvalue weighted by atomic mass is 9.96. The van der Waals surface area contributed by atoms with Gasteiger partial charge in [-0.2, -0.15) is 0 Å². The molecule has 0 aliphatic carbocycles. The molecule has 1 aliphatic heterocycles. The molecule has 0 spiro atoms. The molecule has 4 aromatic rings. The summed E-state index contributed by atoms with van der Waals surface area (Å²) in [5, 5.41) is 3.22. The first kappa shape index (κ1) is 32.4. The van der Waals surface area contributed by atoms with Crippen LogP contribution >= 0.6 is 11.6 Å². The number of hydrogen-bond donors (Lipinski definition) is 2. The average molecular weight is 651 g/mol. The van der Waals surface area contributed by atoms with E-state index in [1.54, 1.807) is 49.6 Å². The molecule has 3 N–H and O–H groups in total. The summed E-state index contributed by atoms with van der Waals surface area (Å²) in [4.78, 5) is 40.2. The number of alkyl halides is 3. The maximum absolute atomic E-state index is 13.8. The van der Waals surface area contributed by atoms with Crippen molar-refractivity contribution < 1.29 is 22.7 Å². The molecule has 2 aromatic heterocycles. The maximum atomic E-state index is 13.8. The van der Waals surface area contributed by atoms with Crippen molar-refractivity contribution in [2.24, 2.45) is 16.6 Å². The van der Waals surface area contributed by atoms with Gasteiger partial charge in [-0.1, -0.05) is 43.1 Å². The number of halogens is 4. The molecule has 3 heterocycles. The Morgan fingerprint density at radius 2 is 1.85 bits per heavy atom. The van der Waals surface area contributed by atoms with Crippen LogP contribution in [0.1, 0.15) is 43.5 Å². The second-order valence-electron chi connectivity index (χ2n) is 10.7. The number of nitrogens with two attached hydrogens (primary N) is 1. The van der Waals surface area contributed by atoms with Gasteiger partial charge in [-0.3, -0.25) is 24.1 Å². The Morgan fingerprint density at radius 1 is 1.04 bits per heavy atom. The van der Waals surface area contributed by atoms with Crippen molar-refractivity contribution in [1.82, 2.24) is 19.9 Å². The smallest absolute Gasteiger partial charge is 0.406 e. The molecule has 5 rings (SSSR count). The van der Waals surface area contributed by atoms with Crippen molar-refractivity contribution in [3.63, 3.8) is 0 Å². The van der Waals surface area contributed by atoms with Gasteiger partial charge in [-0.15, -0.1) is 13.2 Å². The number of amides is 1. The molecule has 2 unspecified atom stereocenters. The molecule has 46 heavy (non-hydrogen) atoms. The van der Waals surface area contributed by atoms with Crippen molar-refractivity contribution >= 4 is 23.2 Å².